The van der Waals surface area contributed by atoms with E-state index in [-0.39, 0.29) is 0 Å². The van der Waals surface area contributed by atoms with E-state index in [1.165, 1.54) is 0 Å². The standard InChI is InChI=1S/C13H23N5O2/c1-10(2)12-16-11(20-17-12)4-3-5-15-13(14)18-6-8-19-9-7-18/h10H,3-9H2,1-2H3,(H2,14,15). The Morgan fingerprint density at radius 1 is 1.40 bits per heavy atom. The van der Waals surface area contributed by atoms with Gasteiger partial charge in [0.15, 0.2) is 11.8 Å². The molecule has 0 spiro atoms. The summed E-state index contributed by atoms with van der Waals surface area (Å²) in [6, 6.07) is 0. The van der Waals surface area contributed by atoms with Crippen molar-refractivity contribution in [2.24, 2.45) is 10.7 Å². The number of aliphatic imine (C=N–C) groups is 1. The molecule has 20 heavy (non-hydrogen) atoms. The molecule has 112 valence electrons. The highest BCUT2D eigenvalue weighted by Crippen LogP contribution is 2.10. The van der Waals surface area contributed by atoms with Crippen LogP contribution in [0.3, 0.4) is 0 Å². The van der Waals surface area contributed by atoms with Gasteiger partial charge in [0.2, 0.25) is 5.89 Å². The Balaban J connectivity index is 1.71. The van der Waals surface area contributed by atoms with Crippen LogP contribution >= 0.6 is 0 Å². The fourth-order valence-electron chi connectivity index (χ4n) is 1.92. The first kappa shape index (κ1) is 14.8. The van der Waals surface area contributed by atoms with Gasteiger partial charge in [-0.25, -0.2) is 0 Å². The van der Waals surface area contributed by atoms with Crippen molar-refractivity contribution >= 4 is 5.96 Å². The van der Waals surface area contributed by atoms with Gasteiger partial charge in [-0.2, -0.15) is 4.98 Å². The summed E-state index contributed by atoms with van der Waals surface area (Å²) in [5.41, 5.74) is 5.94. The van der Waals surface area contributed by atoms with Gasteiger partial charge in [-0.05, 0) is 6.42 Å². The molecule has 7 heteroatoms. The van der Waals surface area contributed by atoms with E-state index in [1.807, 2.05) is 18.7 Å². The normalized spacial score (nSPS) is 16.9. The van der Waals surface area contributed by atoms with E-state index in [0.29, 0.717) is 24.3 Å². The second-order valence-corrected chi connectivity index (χ2v) is 5.14. The molecule has 1 aliphatic heterocycles. The van der Waals surface area contributed by atoms with Crippen molar-refractivity contribution in [3.05, 3.63) is 11.7 Å². The van der Waals surface area contributed by atoms with Crippen LogP contribution < -0.4 is 5.73 Å². The van der Waals surface area contributed by atoms with Gasteiger partial charge < -0.3 is 19.9 Å². The zero-order valence-corrected chi connectivity index (χ0v) is 12.2. The molecule has 2 heterocycles. The van der Waals surface area contributed by atoms with Crippen LogP contribution in [0.15, 0.2) is 9.52 Å². The third kappa shape index (κ3) is 4.19. The Morgan fingerprint density at radius 3 is 2.80 bits per heavy atom. The molecule has 1 fully saturated rings. The van der Waals surface area contributed by atoms with Crippen molar-refractivity contribution in [3.8, 4) is 0 Å². The minimum atomic E-state index is 0.294. The van der Waals surface area contributed by atoms with Gasteiger partial charge >= 0.3 is 0 Å². The maximum atomic E-state index is 5.94. The Morgan fingerprint density at radius 2 is 2.15 bits per heavy atom. The Kier molecular flexibility index (Phi) is 5.34. The van der Waals surface area contributed by atoms with Crippen molar-refractivity contribution in [1.29, 1.82) is 0 Å². The van der Waals surface area contributed by atoms with E-state index in [9.17, 15) is 0 Å². The lowest BCUT2D eigenvalue weighted by atomic mass is 10.2. The monoisotopic (exact) mass is 281 g/mol. The smallest absolute Gasteiger partial charge is 0.226 e. The summed E-state index contributed by atoms with van der Waals surface area (Å²) in [4.78, 5) is 10.8. The number of guanidine groups is 1. The topological polar surface area (TPSA) is 89.8 Å². The highest BCUT2D eigenvalue weighted by atomic mass is 16.5. The van der Waals surface area contributed by atoms with Crippen LogP contribution in [0.1, 0.15) is 37.9 Å². The van der Waals surface area contributed by atoms with E-state index in [1.54, 1.807) is 0 Å². The lowest BCUT2D eigenvalue weighted by Crippen LogP contribution is -2.44. The van der Waals surface area contributed by atoms with Gasteiger partial charge in [-0.3, -0.25) is 4.99 Å². The van der Waals surface area contributed by atoms with Gasteiger partial charge in [0.05, 0.1) is 13.2 Å². The Labute approximate surface area is 119 Å². The van der Waals surface area contributed by atoms with Crippen molar-refractivity contribution < 1.29 is 9.26 Å². The van der Waals surface area contributed by atoms with E-state index in [0.717, 1.165) is 45.0 Å². The van der Waals surface area contributed by atoms with Gasteiger partial charge in [-0.1, -0.05) is 19.0 Å². The molecule has 0 radical (unpaired) electrons. The first-order chi connectivity index (χ1) is 9.66. The predicted molar refractivity (Wildman–Crippen MR) is 75.6 cm³/mol. The number of rotatable bonds is 5. The van der Waals surface area contributed by atoms with Crippen molar-refractivity contribution in [2.75, 3.05) is 32.8 Å². The van der Waals surface area contributed by atoms with Crippen LogP contribution in [0, 0.1) is 0 Å². The predicted octanol–water partition coefficient (Wildman–Crippen LogP) is 0.773. The lowest BCUT2D eigenvalue weighted by molar-refractivity contribution is 0.0674. The fourth-order valence-corrected chi connectivity index (χ4v) is 1.92. The average molecular weight is 281 g/mol. The maximum absolute atomic E-state index is 5.94. The number of nitrogens with two attached hydrogens (primary N) is 1. The molecule has 0 unspecified atom stereocenters. The molecule has 1 aromatic rings. The van der Waals surface area contributed by atoms with Gasteiger partial charge in [-0.15, -0.1) is 0 Å². The number of ether oxygens (including phenoxy) is 1. The zero-order valence-electron chi connectivity index (χ0n) is 12.2. The van der Waals surface area contributed by atoms with Crippen LogP contribution in [-0.2, 0) is 11.2 Å². The number of hydrogen-bond donors (Lipinski definition) is 1. The van der Waals surface area contributed by atoms with E-state index in [2.05, 4.69) is 15.1 Å². The molecule has 0 saturated carbocycles. The van der Waals surface area contributed by atoms with Crippen molar-refractivity contribution in [2.45, 2.75) is 32.6 Å². The second-order valence-electron chi connectivity index (χ2n) is 5.14. The van der Waals surface area contributed by atoms with Crippen molar-refractivity contribution in [3.63, 3.8) is 0 Å². The van der Waals surface area contributed by atoms with Gasteiger partial charge in [0.25, 0.3) is 0 Å². The van der Waals surface area contributed by atoms with E-state index < -0.39 is 0 Å². The van der Waals surface area contributed by atoms with Gasteiger partial charge in [0, 0.05) is 32.0 Å². The number of aryl methyl sites for hydroxylation is 1. The number of nitrogens with zero attached hydrogens (tertiary/aromatic N) is 4. The van der Waals surface area contributed by atoms with Crippen LogP contribution in [-0.4, -0.2) is 53.8 Å². The SMILES string of the molecule is CC(C)c1noc(CCCN=C(N)N2CCOCC2)n1. The molecule has 1 saturated heterocycles. The molecule has 2 N–H and O–H groups in total. The minimum absolute atomic E-state index is 0.294. The molecule has 0 aliphatic carbocycles. The molecule has 2 rings (SSSR count). The lowest BCUT2D eigenvalue weighted by Gasteiger charge is -2.27. The molecule has 0 amide bonds. The molecule has 1 aromatic heterocycles. The van der Waals surface area contributed by atoms with Gasteiger partial charge in [0.1, 0.15) is 0 Å². The first-order valence-corrected chi connectivity index (χ1v) is 7.12. The summed E-state index contributed by atoms with van der Waals surface area (Å²) >= 11 is 0. The molecule has 0 aromatic carbocycles. The quantitative estimate of drug-likeness (QED) is 0.487. The van der Waals surface area contributed by atoms with Crippen LogP contribution in [0.25, 0.3) is 0 Å². The Hall–Kier alpha value is -1.63. The van der Waals surface area contributed by atoms with Crippen LogP contribution in [0.4, 0.5) is 0 Å². The molecule has 0 bridgehead atoms. The highest BCUT2D eigenvalue weighted by Gasteiger charge is 2.12. The molecular formula is C13H23N5O2. The number of hydrogen-bond acceptors (Lipinski definition) is 5. The third-order valence-corrected chi connectivity index (χ3v) is 3.16. The number of morpholine rings is 1. The molecule has 7 nitrogen and oxygen atoms in total. The number of aromatic nitrogens is 2. The van der Waals surface area contributed by atoms with Crippen LogP contribution in [0.2, 0.25) is 0 Å². The summed E-state index contributed by atoms with van der Waals surface area (Å²) < 4.78 is 10.5. The summed E-state index contributed by atoms with van der Waals surface area (Å²) in [7, 11) is 0. The third-order valence-electron chi connectivity index (χ3n) is 3.16. The first-order valence-electron chi connectivity index (χ1n) is 7.12. The largest absolute Gasteiger partial charge is 0.378 e. The van der Waals surface area contributed by atoms with Crippen LogP contribution in [0.5, 0.6) is 0 Å². The van der Waals surface area contributed by atoms with Crippen molar-refractivity contribution in [1.82, 2.24) is 15.0 Å². The summed E-state index contributed by atoms with van der Waals surface area (Å²) in [5.74, 6) is 2.33. The fraction of sp³-hybridized carbons (Fsp3) is 0.769. The minimum Gasteiger partial charge on any atom is -0.378 e. The second kappa shape index (κ2) is 7.23. The average Bonchev–Trinajstić information content (AvgIpc) is 2.93. The Bertz CT molecular complexity index is 438. The van der Waals surface area contributed by atoms with E-state index >= 15 is 0 Å². The highest BCUT2D eigenvalue weighted by molar-refractivity contribution is 5.78. The summed E-state index contributed by atoms with van der Waals surface area (Å²) in [6.07, 6.45) is 1.59. The zero-order chi connectivity index (χ0) is 14.4. The van der Waals surface area contributed by atoms with E-state index in [4.69, 9.17) is 15.0 Å². The summed E-state index contributed by atoms with van der Waals surface area (Å²) in [5, 5.41) is 3.93. The molecular weight excluding hydrogens is 258 g/mol. The molecule has 1 aliphatic rings. The molecule has 0 atom stereocenters. The maximum Gasteiger partial charge on any atom is 0.226 e. The summed E-state index contributed by atoms with van der Waals surface area (Å²) in [6.45, 7) is 7.83.